The fourth-order valence-corrected chi connectivity index (χ4v) is 1.23. The standard InChI is InChI=1S/C7H8BN3O3/c9-7(12)5-1-3-6(4-2-5)8(10-13)11-14/h1,3H,2,4H2,(H2,9,12). The molecule has 0 unspecified atom stereocenters. The SMILES string of the molecule is NC(=O)C1=CC=C(B(N=O)N=O)CC1. The van der Waals surface area contributed by atoms with Crippen molar-refractivity contribution in [3.63, 3.8) is 0 Å². The Hall–Kier alpha value is -1.79. The Kier molecular flexibility index (Phi) is 3.27. The van der Waals surface area contributed by atoms with Gasteiger partial charge in [-0.1, -0.05) is 22.3 Å². The third-order valence-electron chi connectivity index (χ3n) is 2.03. The number of nitroso groups, excluding NO2 is 2. The lowest BCUT2D eigenvalue weighted by molar-refractivity contribution is -0.114. The Morgan fingerprint density at radius 3 is 2.29 bits per heavy atom. The lowest BCUT2D eigenvalue weighted by atomic mass is 9.66. The Bertz CT molecular complexity index is 329. The molecule has 0 radical (unpaired) electrons. The summed E-state index contributed by atoms with van der Waals surface area (Å²) in [5.41, 5.74) is 6.04. The second-order valence-corrected chi connectivity index (χ2v) is 2.88. The van der Waals surface area contributed by atoms with Crippen LogP contribution in [0.4, 0.5) is 0 Å². The van der Waals surface area contributed by atoms with Gasteiger partial charge >= 0.3 is 6.98 Å². The quantitative estimate of drug-likeness (QED) is 0.524. The molecule has 0 saturated heterocycles. The molecule has 0 atom stereocenters. The van der Waals surface area contributed by atoms with E-state index in [0.29, 0.717) is 23.9 Å². The Morgan fingerprint density at radius 1 is 1.29 bits per heavy atom. The second kappa shape index (κ2) is 4.45. The molecule has 1 aliphatic carbocycles. The zero-order valence-corrected chi connectivity index (χ0v) is 7.34. The first kappa shape index (κ1) is 10.3. The maximum absolute atomic E-state index is 10.7. The van der Waals surface area contributed by atoms with E-state index in [1.807, 2.05) is 0 Å². The van der Waals surface area contributed by atoms with E-state index < -0.39 is 12.9 Å². The molecule has 1 rings (SSSR count). The molecule has 0 fully saturated rings. The minimum absolute atomic E-state index is 0.414. The number of rotatable bonds is 4. The van der Waals surface area contributed by atoms with E-state index in [0.717, 1.165) is 0 Å². The zero-order chi connectivity index (χ0) is 10.6. The van der Waals surface area contributed by atoms with Crippen LogP contribution in [0.3, 0.4) is 0 Å². The number of primary amides is 1. The third-order valence-corrected chi connectivity index (χ3v) is 2.03. The summed E-state index contributed by atoms with van der Waals surface area (Å²) in [6, 6.07) is 0. The van der Waals surface area contributed by atoms with Crippen molar-refractivity contribution in [3.8, 4) is 0 Å². The summed E-state index contributed by atoms with van der Waals surface area (Å²) >= 11 is 0. The van der Waals surface area contributed by atoms with Crippen LogP contribution in [0.25, 0.3) is 0 Å². The number of amides is 1. The zero-order valence-electron chi connectivity index (χ0n) is 7.34. The summed E-state index contributed by atoms with van der Waals surface area (Å²) in [7, 11) is 0. The Morgan fingerprint density at radius 2 is 1.93 bits per heavy atom. The monoisotopic (exact) mass is 193 g/mol. The van der Waals surface area contributed by atoms with Gasteiger partial charge < -0.3 is 5.73 Å². The number of allylic oxidation sites excluding steroid dienone is 3. The van der Waals surface area contributed by atoms with E-state index in [1.54, 1.807) is 0 Å². The predicted octanol–water partition coefficient (Wildman–Crippen LogP) is 0.678. The van der Waals surface area contributed by atoms with E-state index in [4.69, 9.17) is 5.73 Å². The normalized spacial score (nSPS) is 15.1. The van der Waals surface area contributed by atoms with Crippen LogP contribution in [0.5, 0.6) is 0 Å². The van der Waals surface area contributed by atoms with E-state index in [1.165, 1.54) is 12.2 Å². The maximum atomic E-state index is 10.7. The molecular formula is C7H8BN3O3. The first-order chi connectivity index (χ1) is 6.69. The van der Waals surface area contributed by atoms with Crippen LogP contribution in [0.1, 0.15) is 12.8 Å². The van der Waals surface area contributed by atoms with Gasteiger partial charge in [0, 0.05) is 5.57 Å². The molecule has 2 N–H and O–H groups in total. The van der Waals surface area contributed by atoms with Crippen LogP contribution in [-0.4, -0.2) is 12.9 Å². The van der Waals surface area contributed by atoms with Gasteiger partial charge in [-0.3, -0.25) is 4.79 Å². The first-order valence-electron chi connectivity index (χ1n) is 4.03. The van der Waals surface area contributed by atoms with Gasteiger partial charge in [-0.05, 0) is 18.3 Å². The smallest absolute Gasteiger partial charge is 0.366 e. The highest BCUT2D eigenvalue weighted by molar-refractivity contribution is 6.63. The maximum Gasteiger partial charge on any atom is 0.544 e. The molecule has 0 spiro atoms. The van der Waals surface area contributed by atoms with Crippen molar-refractivity contribution in [1.29, 1.82) is 0 Å². The largest absolute Gasteiger partial charge is 0.544 e. The van der Waals surface area contributed by atoms with Crippen molar-refractivity contribution in [3.05, 3.63) is 33.0 Å². The van der Waals surface area contributed by atoms with E-state index in [-0.39, 0.29) is 0 Å². The van der Waals surface area contributed by atoms with Gasteiger partial charge in [-0.25, -0.2) is 0 Å². The van der Waals surface area contributed by atoms with Crippen LogP contribution in [0.15, 0.2) is 33.4 Å². The van der Waals surface area contributed by atoms with Crippen molar-refractivity contribution in [2.24, 2.45) is 15.9 Å². The molecule has 1 amide bonds. The fraction of sp³-hybridized carbons (Fsp3) is 0.286. The molecule has 72 valence electrons. The molecule has 7 heteroatoms. The summed E-state index contributed by atoms with van der Waals surface area (Å²) in [6.45, 7) is -1.18. The molecule has 0 bridgehead atoms. The van der Waals surface area contributed by atoms with Crippen LogP contribution in [-0.2, 0) is 4.79 Å². The molecule has 0 heterocycles. The lowest BCUT2D eigenvalue weighted by Crippen LogP contribution is -2.18. The molecule has 0 aromatic rings. The number of nitrogens with zero attached hydrogens (tertiary/aromatic N) is 2. The highest BCUT2D eigenvalue weighted by Gasteiger charge is 2.25. The topological polar surface area (TPSA) is 102 Å². The van der Waals surface area contributed by atoms with Gasteiger partial charge in [0.1, 0.15) is 0 Å². The fourth-order valence-electron chi connectivity index (χ4n) is 1.23. The van der Waals surface area contributed by atoms with Crippen LogP contribution < -0.4 is 5.73 Å². The minimum Gasteiger partial charge on any atom is -0.366 e. The number of hydrogen-bond donors (Lipinski definition) is 1. The van der Waals surface area contributed by atoms with Crippen molar-refractivity contribution in [2.45, 2.75) is 12.8 Å². The first-order valence-corrected chi connectivity index (χ1v) is 4.03. The van der Waals surface area contributed by atoms with E-state index in [9.17, 15) is 14.6 Å². The van der Waals surface area contributed by atoms with Crippen molar-refractivity contribution in [2.75, 3.05) is 0 Å². The van der Waals surface area contributed by atoms with Crippen molar-refractivity contribution < 1.29 is 4.79 Å². The van der Waals surface area contributed by atoms with Gasteiger partial charge in [0.25, 0.3) is 0 Å². The highest BCUT2D eigenvalue weighted by atomic mass is 16.3. The lowest BCUT2D eigenvalue weighted by Gasteiger charge is -2.10. The van der Waals surface area contributed by atoms with Gasteiger partial charge in [-0.2, -0.15) is 9.81 Å². The summed E-state index contributed by atoms with van der Waals surface area (Å²) in [5, 5.41) is 5.11. The van der Waals surface area contributed by atoms with Crippen molar-refractivity contribution in [1.82, 2.24) is 0 Å². The van der Waals surface area contributed by atoms with E-state index in [2.05, 4.69) is 10.2 Å². The number of hydrogen-bond acceptors (Lipinski definition) is 5. The Balaban J connectivity index is 2.82. The molecule has 0 aromatic carbocycles. The van der Waals surface area contributed by atoms with Gasteiger partial charge in [-0.15, -0.1) is 0 Å². The molecule has 0 aliphatic heterocycles. The van der Waals surface area contributed by atoms with Crippen LogP contribution in [0.2, 0.25) is 0 Å². The average Bonchev–Trinajstić information content (AvgIpc) is 2.20. The summed E-state index contributed by atoms with van der Waals surface area (Å²) < 4.78 is 0. The summed E-state index contributed by atoms with van der Waals surface area (Å²) in [6.07, 6.45) is 3.82. The third kappa shape index (κ3) is 2.12. The minimum atomic E-state index is -1.18. The average molecular weight is 193 g/mol. The summed E-state index contributed by atoms with van der Waals surface area (Å²) in [5.74, 6) is -0.491. The van der Waals surface area contributed by atoms with Crippen molar-refractivity contribution >= 4 is 12.9 Å². The van der Waals surface area contributed by atoms with Gasteiger partial charge in [0.05, 0.1) is 0 Å². The van der Waals surface area contributed by atoms with E-state index >= 15 is 0 Å². The molecule has 6 nitrogen and oxygen atoms in total. The summed E-state index contributed by atoms with van der Waals surface area (Å²) in [4.78, 5) is 31.0. The molecule has 0 aromatic heterocycles. The van der Waals surface area contributed by atoms with Crippen LogP contribution in [0, 0.1) is 9.81 Å². The molecule has 0 saturated carbocycles. The predicted molar refractivity (Wildman–Crippen MR) is 51.9 cm³/mol. The Labute approximate surface area is 80.3 Å². The van der Waals surface area contributed by atoms with Gasteiger partial charge in [0.2, 0.25) is 5.91 Å². The molecular weight excluding hydrogens is 185 g/mol. The number of carbonyl (C=O) groups excluding carboxylic acids is 1. The highest BCUT2D eigenvalue weighted by Crippen LogP contribution is 2.20. The number of nitrogens with two attached hydrogens (primary N) is 1. The number of carbonyl (C=O) groups is 1. The molecule has 1 aliphatic rings. The second-order valence-electron chi connectivity index (χ2n) is 2.88. The van der Waals surface area contributed by atoms with Gasteiger partial charge in [0.15, 0.2) is 0 Å². The molecule has 14 heavy (non-hydrogen) atoms. The van der Waals surface area contributed by atoms with Crippen LogP contribution >= 0.6 is 0 Å².